The van der Waals surface area contributed by atoms with E-state index in [1.54, 1.807) is 30.6 Å². The SMILES string of the molecule is Cc1ccc(NC(=O)c2cccc(CF)c2)cc1Nc1nc2ccccc2n1-c1cc(N[C@H]2CC[C@H](N)CC2)ncn1. The van der Waals surface area contributed by atoms with Crippen molar-refractivity contribution in [2.24, 2.45) is 5.73 Å². The number of hydrogen-bond acceptors (Lipinski definition) is 7. The smallest absolute Gasteiger partial charge is 0.255 e. The first-order valence-electron chi connectivity index (χ1n) is 14.1. The molecule has 0 unspecified atom stereocenters. The Morgan fingerprint density at radius 3 is 2.67 bits per heavy atom. The summed E-state index contributed by atoms with van der Waals surface area (Å²) in [7, 11) is 0. The van der Waals surface area contributed by atoms with Crippen molar-refractivity contribution < 1.29 is 9.18 Å². The van der Waals surface area contributed by atoms with Gasteiger partial charge in [-0.25, -0.2) is 19.3 Å². The number of aryl methyl sites for hydroxylation is 1. The number of nitrogens with one attached hydrogen (secondary N) is 3. The third-order valence-electron chi connectivity index (χ3n) is 7.65. The lowest BCUT2D eigenvalue weighted by atomic mass is 9.92. The summed E-state index contributed by atoms with van der Waals surface area (Å²) in [6, 6.07) is 22.6. The van der Waals surface area contributed by atoms with Crippen LogP contribution in [0.2, 0.25) is 0 Å². The van der Waals surface area contributed by atoms with E-state index in [9.17, 15) is 9.18 Å². The lowest BCUT2D eigenvalue weighted by Gasteiger charge is -2.27. The fourth-order valence-corrected chi connectivity index (χ4v) is 5.32. The maximum atomic E-state index is 13.1. The highest BCUT2D eigenvalue weighted by atomic mass is 19.1. The summed E-state index contributed by atoms with van der Waals surface area (Å²) in [4.78, 5) is 26.8. The number of amides is 1. The average Bonchev–Trinajstić information content (AvgIpc) is 3.38. The molecule has 0 aliphatic heterocycles. The molecule has 2 heterocycles. The van der Waals surface area contributed by atoms with Crippen molar-refractivity contribution in [1.82, 2.24) is 19.5 Å². The number of benzene rings is 3. The zero-order valence-corrected chi connectivity index (χ0v) is 23.3. The van der Waals surface area contributed by atoms with Crippen LogP contribution >= 0.6 is 0 Å². The molecule has 0 radical (unpaired) electrons. The van der Waals surface area contributed by atoms with Crippen LogP contribution in [0.3, 0.4) is 0 Å². The van der Waals surface area contributed by atoms with Crippen molar-refractivity contribution in [3.8, 4) is 5.82 Å². The van der Waals surface area contributed by atoms with Gasteiger partial charge >= 0.3 is 0 Å². The molecule has 0 saturated heterocycles. The van der Waals surface area contributed by atoms with Gasteiger partial charge < -0.3 is 21.7 Å². The van der Waals surface area contributed by atoms with Crippen molar-refractivity contribution in [2.75, 3.05) is 16.0 Å². The molecule has 2 aromatic heterocycles. The number of imidazole rings is 1. The summed E-state index contributed by atoms with van der Waals surface area (Å²) in [5, 5.41) is 9.94. The highest BCUT2D eigenvalue weighted by molar-refractivity contribution is 6.04. The largest absolute Gasteiger partial charge is 0.367 e. The van der Waals surface area contributed by atoms with Crippen LogP contribution in [0.5, 0.6) is 0 Å². The second kappa shape index (κ2) is 12.0. The summed E-state index contributed by atoms with van der Waals surface area (Å²) in [6.45, 7) is 1.36. The zero-order valence-electron chi connectivity index (χ0n) is 23.3. The number of halogens is 1. The second-order valence-corrected chi connectivity index (χ2v) is 10.7. The number of hydrogen-bond donors (Lipinski definition) is 4. The predicted molar refractivity (Wildman–Crippen MR) is 164 cm³/mol. The molecule has 1 aliphatic rings. The van der Waals surface area contributed by atoms with Crippen LogP contribution in [0, 0.1) is 6.92 Å². The molecule has 9 nitrogen and oxygen atoms in total. The summed E-state index contributed by atoms with van der Waals surface area (Å²) in [5.41, 5.74) is 11.0. The average molecular weight is 565 g/mol. The molecule has 0 spiro atoms. The molecule has 214 valence electrons. The first-order chi connectivity index (χ1) is 20.5. The minimum absolute atomic E-state index is 0.276. The normalized spacial score (nSPS) is 16.7. The Kier molecular flexibility index (Phi) is 7.78. The van der Waals surface area contributed by atoms with E-state index in [0.717, 1.165) is 53.8 Å². The summed E-state index contributed by atoms with van der Waals surface area (Å²) in [5.74, 6) is 1.69. The first kappa shape index (κ1) is 27.3. The number of fused-ring (bicyclic) bond motifs is 1. The number of anilines is 4. The highest BCUT2D eigenvalue weighted by Gasteiger charge is 2.20. The van der Waals surface area contributed by atoms with Crippen LogP contribution in [0.4, 0.5) is 27.5 Å². The molecule has 1 amide bonds. The Morgan fingerprint density at radius 2 is 1.83 bits per heavy atom. The Labute approximate surface area is 243 Å². The van der Waals surface area contributed by atoms with Crippen LogP contribution in [0.1, 0.15) is 47.2 Å². The number of nitrogens with zero attached hydrogens (tertiary/aromatic N) is 4. The van der Waals surface area contributed by atoms with Gasteiger partial charge in [-0.15, -0.1) is 0 Å². The molecule has 5 aromatic rings. The molecule has 3 aromatic carbocycles. The number of nitrogens with two attached hydrogens (primary N) is 1. The van der Waals surface area contributed by atoms with Gasteiger partial charge in [-0.2, -0.15) is 0 Å². The van der Waals surface area contributed by atoms with Crippen LogP contribution < -0.4 is 21.7 Å². The number of alkyl halides is 1. The number of rotatable bonds is 8. The van der Waals surface area contributed by atoms with Gasteiger partial charge in [0.15, 0.2) is 0 Å². The monoisotopic (exact) mass is 564 g/mol. The van der Waals surface area contributed by atoms with E-state index in [-0.39, 0.29) is 11.9 Å². The quantitative estimate of drug-likeness (QED) is 0.175. The Bertz CT molecular complexity index is 1730. The highest BCUT2D eigenvalue weighted by Crippen LogP contribution is 2.30. The lowest BCUT2D eigenvalue weighted by Crippen LogP contribution is -2.33. The predicted octanol–water partition coefficient (Wildman–Crippen LogP) is 6.27. The molecule has 42 heavy (non-hydrogen) atoms. The van der Waals surface area contributed by atoms with Gasteiger partial charge in [-0.1, -0.05) is 30.3 Å². The summed E-state index contributed by atoms with van der Waals surface area (Å²) < 4.78 is 15.1. The number of para-hydroxylation sites is 2. The molecule has 1 fully saturated rings. The van der Waals surface area contributed by atoms with Crippen molar-refractivity contribution in [3.05, 3.63) is 95.8 Å². The van der Waals surface area contributed by atoms with Gasteiger partial charge in [0.2, 0.25) is 5.95 Å². The fourth-order valence-electron chi connectivity index (χ4n) is 5.32. The van der Waals surface area contributed by atoms with E-state index in [4.69, 9.17) is 10.7 Å². The van der Waals surface area contributed by atoms with E-state index in [2.05, 4.69) is 25.9 Å². The molecule has 6 rings (SSSR count). The van der Waals surface area contributed by atoms with E-state index >= 15 is 0 Å². The van der Waals surface area contributed by atoms with E-state index in [1.807, 2.05) is 60.0 Å². The van der Waals surface area contributed by atoms with Crippen LogP contribution in [-0.2, 0) is 6.67 Å². The maximum absolute atomic E-state index is 13.1. The Hall–Kier alpha value is -4.83. The third-order valence-corrected chi connectivity index (χ3v) is 7.65. The number of carbonyl (C=O) groups excluding carboxylic acids is 1. The number of aromatic nitrogens is 4. The molecule has 0 atom stereocenters. The Balaban J connectivity index is 1.29. The molecule has 5 N–H and O–H groups in total. The fraction of sp³-hybridized carbons (Fsp3) is 0.250. The standard InChI is InChI=1S/C32H33FN8O/c1-20-9-12-25(38-31(42)22-6-4-5-21(15-22)18-33)16-27(20)40-32-39-26-7-2-3-8-28(26)41(32)30-17-29(35-19-36-30)37-24-13-10-23(34)11-14-24/h2-9,12,15-17,19,23-24H,10-11,13-14,18,34H2,1H3,(H,38,42)(H,39,40)(H,35,36,37)/t23-,24-. The second-order valence-electron chi connectivity index (χ2n) is 10.7. The van der Waals surface area contributed by atoms with Crippen LogP contribution in [-0.4, -0.2) is 37.5 Å². The molecule has 0 bridgehead atoms. The van der Waals surface area contributed by atoms with Crippen molar-refractivity contribution in [3.63, 3.8) is 0 Å². The van der Waals surface area contributed by atoms with Gasteiger partial charge in [-0.3, -0.25) is 9.36 Å². The summed E-state index contributed by atoms with van der Waals surface area (Å²) >= 11 is 0. The van der Waals surface area contributed by atoms with Crippen molar-refractivity contribution in [1.29, 1.82) is 0 Å². The third kappa shape index (κ3) is 5.94. The number of carbonyl (C=O) groups is 1. The molecule has 1 aliphatic carbocycles. The molecule has 10 heteroatoms. The Morgan fingerprint density at radius 1 is 1.00 bits per heavy atom. The topological polar surface area (TPSA) is 123 Å². The van der Waals surface area contributed by atoms with Crippen LogP contribution in [0.25, 0.3) is 16.9 Å². The van der Waals surface area contributed by atoms with Crippen molar-refractivity contribution in [2.45, 2.75) is 51.4 Å². The molecular formula is C32H33FN8O. The van der Waals surface area contributed by atoms with E-state index in [1.165, 1.54) is 0 Å². The van der Waals surface area contributed by atoms with Crippen molar-refractivity contribution >= 4 is 40.1 Å². The van der Waals surface area contributed by atoms with Gasteiger partial charge in [0.1, 0.15) is 24.6 Å². The molecule has 1 saturated carbocycles. The summed E-state index contributed by atoms with van der Waals surface area (Å²) in [6.07, 6.45) is 5.57. The molecular weight excluding hydrogens is 531 g/mol. The van der Waals surface area contributed by atoms with E-state index in [0.29, 0.717) is 34.6 Å². The maximum Gasteiger partial charge on any atom is 0.255 e. The minimum Gasteiger partial charge on any atom is -0.367 e. The van der Waals surface area contributed by atoms with Gasteiger partial charge in [0.05, 0.1) is 11.0 Å². The van der Waals surface area contributed by atoms with E-state index < -0.39 is 6.67 Å². The minimum atomic E-state index is -0.625. The van der Waals surface area contributed by atoms with Gasteiger partial charge in [0, 0.05) is 35.1 Å². The lowest BCUT2D eigenvalue weighted by molar-refractivity contribution is 0.102. The zero-order chi connectivity index (χ0) is 29.1. The first-order valence-corrected chi connectivity index (χ1v) is 14.1. The van der Waals surface area contributed by atoms with Crippen LogP contribution in [0.15, 0.2) is 79.1 Å². The van der Waals surface area contributed by atoms with Gasteiger partial charge in [-0.05, 0) is 80.1 Å². The van der Waals surface area contributed by atoms with Gasteiger partial charge in [0.25, 0.3) is 5.91 Å².